The standard InChI is InChI=1S/C13H21N3O2S.C2H6/c1-5-16-7-6-11-10(4)12(15-19(14,17)18)8(2)9(3)13(11)16;1-2/h15H,5-7H2,1-4H3,(H2,14,17,18);1-2H3. The summed E-state index contributed by atoms with van der Waals surface area (Å²) in [7, 11) is -3.74. The summed E-state index contributed by atoms with van der Waals surface area (Å²) in [6, 6.07) is 0. The highest BCUT2D eigenvalue weighted by atomic mass is 32.2. The van der Waals surface area contributed by atoms with E-state index < -0.39 is 10.2 Å². The number of benzene rings is 1. The Hall–Kier alpha value is -1.27. The summed E-state index contributed by atoms with van der Waals surface area (Å²) in [6.45, 7) is 14.0. The van der Waals surface area contributed by atoms with Gasteiger partial charge in [0.25, 0.3) is 10.2 Å². The maximum Gasteiger partial charge on any atom is 0.296 e. The molecular formula is C15H27N3O2S. The van der Waals surface area contributed by atoms with Crippen molar-refractivity contribution in [3.05, 3.63) is 22.3 Å². The molecule has 2 rings (SSSR count). The third-order valence-electron chi connectivity index (χ3n) is 3.98. The summed E-state index contributed by atoms with van der Waals surface area (Å²) in [4.78, 5) is 2.34. The van der Waals surface area contributed by atoms with Crippen LogP contribution in [0.25, 0.3) is 0 Å². The summed E-state index contributed by atoms with van der Waals surface area (Å²) in [5.74, 6) is 0. The Balaban J connectivity index is 0.00000106. The van der Waals surface area contributed by atoms with E-state index >= 15 is 0 Å². The SMILES string of the molecule is CC.CCN1CCc2c(C)c(NS(N)(=O)=O)c(C)c(C)c21. The second-order valence-electron chi connectivity index (χ2n) is 5.05. The van der Waals surface area contributed by atoms with E-state index in [1.165, 1.54) is 11.3 Å². The van der Waals surface area contributed by atoms with Gasteiger partial charge in [0.1, 0.15) is 0 Å². The molecule has 5 nitrogen and oxygen atoms in total. The van der Waals surface area contributed by atoms with Crippen LogP contribution in [-0.4, -0.2) is 21.5 Å². The molecule has 0 aliphatic carbocycles. The first-order valence-corrected chi connectivity index (χ1v) is 8.99. The number of nitrogens with two attached hydrogens (primary N) is 1. The lowest BCUT2D eigenvalue weighted by Gasteiger charge is -2.23. The first-order valence-electron chi connectivity index (χ1n) is 7.44. The average molecular weight is 313 g/mol. The topological polar surface area (TPSA) is 75.4 Å². The predicted molar refractivity (Wildman–Crippen MR) is 90.3 cm³/mol. The second kappa shape index (κ2) is 6.66. The Morgan fingerprint density at radius 2 is 1.71 bits per heavy atom. The lowest BCUT2D eigenvalue weighted by molar-refractivity contribution is 0.603. The Kier molecular flexibility index (Phi) is 5.64. The van der Waals surface area contributed by atoms with Crippen LogP contribution in [0.4, 0.5) is 11.4 Å². The highest BCUT2D eigenvalue weighted by molar-refractivity contribution is 7.90. The van der Waals surface area contributed by atoms with E-state index in [1.54, 1.807) is 0 Å². The van der Waals surface area contributed by atoms with E-state index in [2.05, 4.69) is 16.5 Å². The quantitative estimate of drug-likeness (QED) is 0.900. The Labute approximate surface area is 128 Å². The van der Waals surface area contributed by atoms with Gasteiger partial charge in [0, 0.05) is 18.8 Å². The lowest BCUT2D eigenvalue weighted by Crippen LogP contribution is -2.24. The maximum atomic E-state index is 11.3. The molecule has 0 atom stereocenters. The van der Waals surface area contributed by atoms with Crippen LogP contribution in [0.15, 0.2) is 0 Å². The molecule has 120 valence electrons. The number of anilines is 2. The van der Waals surface area contributed by atoms with Crippen molar-refractivity contribution in [3.63, 3.8) is 0 Å². The molecule has 1 aliphatic heterocycles. The van der Waals surface area contributed by atoms with Crippen molar-refractivity contribution < 1.29 is 8.42 Å². The number of nitrogens with one attached hydrogen (secondary N) is 1. The van der Waals surface area contributed by atoms with Gasteiger partial charge >= 0.3 is 0 Å². The first-order chi connectivity index (χ1) is 9.76. The minimum atomic E-state index is -3.74. The molecule has 0 bridgehead atoms. The molecule has 0 radical (unpaired) electrons. The zero-order valence-electron chi connectivity index (χ0n) is 13.9. The van der Waals surface area contributed by atoms with E-state index in [0.29, 0.717) is 5.69 Å². The van der Waals surface area contributed by atoms with Gasteiger partial charge in [0.2, 0.25) is 0 Å². The normalized spacial score (nSPS) is 13.6. The van der Waals surface area contributed by atoms with E-state index in [9.17, 15) is 8.42 Å². The third-order valence-corrected chi connectivity index (χ3v) is 4.47. The van der Waals surface area contributed by atoms with Gasteiger partial charge in [-0.2, -0.15) is 8.42 Å². The third kappa shape index (κ3) is 3.49. The Morgan fingerprint density at radius 3 is 2.19 bits per heavy atom. The van der Waals surface area contributed by atoms with Crippen LogP contribution in [0.2, 0.25) is 0 Å². The molecule has 0 saturated carbocycles. The van der Waals surface area contributed by atoms with Crippen LogP contribution in [0.3, 0.4) is 0 Å². The molecule has 1 aromatic rings. The van der Waals surface area contributed by atoms with Crippen LogP contribution >= 0.6 is 0 Å². The van der Waals surface area contributed by atoms with Gasteiger partial charge in [-0.1, -0.05) is 13.8 Å². The summed E-state index contributed by atoms with van der Waals surface area (Å²) >= 11 is 0. The Morgan fingerprint density at radius 1 is 1.14 bits per heavy atom. The molecule has 3 N–H and O–H groups in total. The fourth-order valence-corrected chi connectivity index (χ4v) is 3.50. The molecule has 0 amide bonds. The molecule has 21 heavy (non-hydrogen) atoms. The highest BCUT2D eigenvalue weighted by Gasteiger charge is 2.26. The van der Waals surface area contributed by atoms with E-state index in [0.717, 1.165) is 36.2 Å². The molecule has 1 aromatic carbocycles. The Bertz CT molecular complexity index is 625. The number of fused-ring (bicyclic) bond motifs is 1. The van der Waals surface area contributed by atoms with Gasteiger partial charge in [-0.05, 0) is 56.4 Å². The van der Waals surface area contributed by atoms with Gasteiger partial charge in [-0.25, -0.2) is 5.14 Å². The molecule has 0 saturated heterocycles. The number of hydrogen-bond acceptors (Lipinski definition) is 3. The molecular weight excluding hydrogens is 286 g/mol. The van der Waals surface area contributed by atoms with Crippen LogP contribution in [-0.2, 0) is 16.6 Å². The zero-order chi connectivity index (χ0) is 16.4. The molecule has 1 aliphatic rings. The van der Waals surface area contributed by atoms with Crippen molar-refractivity contribution in [2.45, 2.75) is 48.0 Å². The second-order valence-corrected chi connectivity index (χ2v) is 6.35. The summed E-state index contributed by atoms with van der Waals surface area (Å²) in [6.07, 6.45) is 0.954. The minimum absolute atomic E-state index is 0.636. The number of rotatable bonds is 3. The van der Waals surface area contributed by atoms with Crippen LogP contribution in [0, 0.1) is 20.8 Å². The fraction of sp³-hybridized carbons (Fsp3) is 0.600. The van der Waals surface area contributed by atoms with Crippen LogP contribution in [0.5, 0.6) is 0 Å². The first kappa shape index (κ1) is 17.8. The minimum Gasteiger partial charge on any atom is -0.371 e. The number of likely N-dealkylation sites (N-methyl/N-ethyl adjacent to an activating group) is 1. The molecule has 0 aromatic heterocycles. The zero-order valence-corrected chi connectivity index (χ0v) is 14.7. The van der Waals surface area contributed by atoms with Crippen molar-refractivity contribution in [3.8, 4) is 0 Å². The summed E-state index contributed by atoms with van der Waals surface area (Å²) in [5.41, 5.74) is 6.20. The van der Waals surface area contributed by atoms with E-state index in [1.807, 2.05) is 34.6 Å². The van der Waals surface area contributed by atoms with Crippen molar-refractivity contribution in [2.24, 2.45) is 5.14 Å². The number of hydrogen-bond donors (Lipinski definition) is 2. The average Bonchev–Trinajstić information content (AvgIpc) is 2.86. The molecule has 0 unspecified atom stereocenters. The van der Waals surface area contributed by atoms with E-state index in [4.69, 9.17) is 5.14 Å². The van der Waals surface area contributed by atoms with Crippen LogP contribution in [0.1, 0.15) is 43.0 Å². The van der Waals surface area contributed by atoms with Gasteiger partial charge < -0.3 is 4.90 Å². The monoisotopic (exact) mass is 313 g/mol. The van der Waals surface area contributed by atoms with Gasteiger partial charge in [-0.3, -0.25) is 4.72 Å². The van der Waals surface area contributed by atoms with Gasteiger partial charge in [0.05, 0.1) is 5.69 Å². The fourth-order valence-electron chi connectivity index (χ4n) is 2.91. The smallest absolute Gasteiger partial charge is 0.296 e. The molecule has 0 spiro atoms. The van der Waals surface area contributed by atoms with Crippen molar-refractivity contribution in [1.29, 1.82) is 0 Å². The predicted octanol–water partition coefficient (Wildman–Crippen LogP) is 2.64. The molecule has 0 fully saturated rings. The molecule has 6 heteroatoms. The number of nitrogens with zero attached hydrogens (tertiary/aromatic N) is 1. The lowest BCUT2D eigenvalue weighted by atomic mass is 9.95. The van der Waals surface area contributed by atoms with Crippen molar-refractivity contribution >= 4 is 21.6 Å². The van der Waals surface area contributed by atoms with Gasteiger partial charge in [-0.15, -0.1) is 0 Å². The van der Waals surface area contributed by atoms with Crippen molar-refractivity contribution in [1.82, 2.24) is 0 Å². The van der Waals surface area contributed by atoms with Crippen LogP contribution < -0.4 is 14.8 Å². The van der Waals surface area contributed by atoms with Gasteiger partial charge in [0.15, 0.2) is 0 Å². The summed E-state index contributed by atoms with van der Waals surface area (Å²) < 4.78 is 25.0. The molecule has 1 heterocycles. The highest BCUT2D eigenvalue weighted by Crippen LogP contribution is 2.40. The van der Waals surface area contributed by atoms with E-state index in [-0.39, 0.29) is 0 Å². The largest absolute Gasteiger partial charge is 0.371 e. The summed E-state index contributed by atoms with van der Waals surface area (Å²) in [5, 5.41) is 5.10. The van der Waals surface area contributed by atoms with Crippen molar-refractivity contribution in [2.75, 3.05) is 22.7 Å². The maximum absolute atomic E-state index is 11.3.